The first-order chi connectivity index (χ1) is 6.63. The summed E-state index contributed by atoms with van der Waals surface area (Å²) in [7, 11) is -1.99. The van der Waals surface area contributed by atoms with Crippen LogP contribution < -0.4 is 10.1 Å². The van der Waals surface area contributed by atoms with E-state index in [1.165, 1.54) is 13.2 Å². The van der Waals surface area contributed by atoms with Crippen molar-refractivity contribution in [3.8, 4) is 5.75 Å². The van der Waals surface area contributed by atoms with E-state index in [1.807, 2.05) is 0 Å². The molecule has 1 heterocycles. The molecule has 74 valence electrons. The third-order valence-corrected chi connectivity index (χ3v) is 3.17. The normalized spacial score (nSPS) is 16.9. The van der Waals surface area contributed by atoms with Gasteiger partial charge in [0.2, 0.25) is 0 Å². The monoisotopic (exact) mass is 212 g/mol. The Kier molecular flexibility index (Phi) is 1.92. The summed E-state index contributed by atoms with van der Waals surface area (Å²) in [5.41, 5.74) is 0.486. The Labute approximate surface area is 81.5 Å². The molecule has 1 N–H and O–H groups in total. The minimum absolute atomic E-state index is 0.167. The van der Waals surface area contributed by atoms with Gasteiger partial charge >= 0.3 is 0 Å². The minimum atomic E-state index is -3.52. The van der Waals surface area contributed by atoms with Gasteiger partial charge in [0, 0.05) is 6.07 Å². The van der Waals surface area contributed by atoms with E-state index in [-0.39, 0.29) is 4.90 Å². The largest absolute Gasteiger partial charge is 0.497 e. The van der Waals surface area contributed by atoms with Crippen molar-refractivity contribution in [2.45, 2.75) is 4.90 Å². The van der Waals surface area contributed by atoms with Crippen LogP contribution in [0.2, 0.25) is 0 Å². The zero-order valence-corrected chi connectivity index (χ0v) is 8.21. The number of ether oxygens (including phenoxy) is 1. The third-order valence-electron chi connectivity index (χ3n) is 1.88. The lowest BCUT2D eigenvalue weighted by molar-refractivity contribution is 0.414. The highest BCUT2D eigenvalue weighted by molar-refractivity contribution is 7.90. The van der Waals surface area contributed by atoms with Crippen molar-refractivity contribution in [1.82, 2.24) is 0 Å². The number of rotatable bonds is 1. The fourth-order valence-corrected chi connectivity index (χ4v) is 2.14. The molecule has 1 aromatic rings. The lowest BCUT2D eigenvalue weighted by atomic mass is 10.3. The Morgan fingerprint density at radius 3 is 2.93 bits per heavy atom. The van der Waals surface area contributed by atoms with Gasteiger partial charge in [-0.15, -0.1) is 4.40 Å². The molecule has 1 aliphatic rings. The van der Waals surface area contributed by atoms with Crippen LogP contribution in [0.15, 0.2) is 27.5 Å². The molecule has 1 aliphatic heterocycles. The van der Waals surface area contributed by atoms with Crippen molar-refractivity contribution in [2.24, 2.45) is 4.40 Å². The number of methoxy groups -OCH3 is 1. The van der Waals surface area contributed by atoms with Gasteiger partial charge in [-0.3, -0.25) is 0 Å². The smallest absolute Gasteiger partial charge is 0.285 e. The maximum absolute atomic E-state index is 11.4. The second-order valence-electron chi connectivity index (χ2n) is 2.72. The summed E-state index contributed by atoms with van der Waals surface area (Å²) in [4.78, 5) is 0.167. The molecular formula is C8H8N2O3S. The van der Waals surface area contributed by atoms with Gasteiger partial charge in [-0.1, -0.05) is 0 Å². The molecule has 0 radical (unpaired) electrons. The van der Waals surface area contributed by atoms with Gasteiger partial charge in [0.1, 0.15) is 17.0 Å². The standard InChI is InChI=1S/C8H8N2O3S/c1-13-6-2-3-8-7(4-6)9-5-10-14(8,11)12/h2-5H,1H3,(H,9,10). The molecule has 0 bridgehead atoms. The molecule has 0 spiro atoms. The second-order valence-corrected chi connectivity index (χ2v) is 4.32. The van der Waals surface area contributed by atoms with Crippen molar-refractivity contribution in [3.63, 3.8) is 0 Å². The van der Waals surface area contributed by atoms with E-state index in [9.17, 15) is 8.42 Å². The SMILES string of the molecule is COc1ccc2c(c1)NC=NS2(=O)=O. The van der Waals surface area contributed by atoms with E-state index in [0.29, 0.717) is 11.4 Å². The van der Waals surface area contributed by atoms with Crippen LogP contribution >= 0.6 is 0 Å². The van der Waals surface area contributed by atoms with E-state index >= 15 is 0 Å². The Morgan fingerprint density at radius 1 is 1.43 bits per heavy atom. The van der Waals surface area contributed by atoms with E-state index in [4.69, 9.17) is 4.74 Å². The number of benzene rings is 1. The Hall–Kier alpha value is -1.56. The van der Waals surface area contributed by atoms with Gasteiger partial charge in [0.15, 0.2) is 0 Å². The number of anilines is 1. The third kappa shape index (κ3) is 1.33. The summed E-state index contributed by atoms with van der Waals surface area (Å²) in [6, 6.07) is 4.66. The van der Waals surface area contributed by atoms with Crippen LogP contribution in [-0.4, -0.2) is 21.9 Å². The average molecular weight is 212 g/mol. The molecule has 0 amide bonds. The topological polar surface area (TPSA) is 67.8 Å². The average Bonchev–Trinajstić information content (AvgIpc) is 2.16. The molecule has 14 heavy (non-hydrogen) atoms. The van der Waals surface area contributed by atoms with Gasteiger partial charge in [0.25, 0.3) is 10.0 Å². The van der Waals surface area contributed by atoms with Crippen LogP contribution in [-0.2, 0) is 10.0 Å². The highest BCUT2D eigenvalue weighted by atomic mass is 32.2. The lowest BCUT2D eigenvalue weighted by Crippen LogP contribution is -2.11. The van der Waals surface area contributed by atoms with Crippen LogP contribution in [0.3, 0.4) is 0 Å². The molecule has 0 aromatic heterocycles. The summed E-state index contributed by atoms with van der Waals surface area (Å²) in [6.45, 7) is 0. The van der Waals surface area contributed by atoms with Gasteiger partial charge in [-0.25, -0.2) is 0 Å². The minimum Gasteiger partial charge on any atom is -0.497 e. The van der Waals surface area contributed by atoms with Crippen LogP contribution in [0.25, 0.3) is 0 Å². The molecule has 5 nitrogen and oxygen atoms in total. The fourth-order valence-electron chi connectivity index (χ4n) is 1.20. The zero-order valence-electron chi connectivity index (χ0n) is 7.39. The summed E-state index contributed by atoms with van der Waals surface area (Å²) < 4.78 is 31.1. The maximum atomic E-state index is 11.4. The molecule has 0 fully saturated rings. The zero-order chi connectivity index (χ0) is 10.2. The number of sulfonamides is 1. The molecule has 0 saturated heterocycles. The number of nitrogens with zero attached hydrogens (tertiary/aromatic N) is 1. The van der Waals surface area contributed by atoms with Crippen LogP contribution in [0, 0.1) is 0 Å². The summed E-state index contributed by atoms with van der Waals surface area (Å²) >= 11 is 0. The fraction of sp³-hybridized carbons (Fsp3) is 0.125. The Morgan fingerprint density at radius 2 is 2.21 bits per heavy atom. The van der Waals surface area contributed by atoms with Crippen molar-refractivity contribution in [3.05, 3.63) is 18.2 Å². The highest BCUT2D eigenvalue weighted by Gasteiger charge is 2.20. The summed E-state index contributed by atoms with van der Waals surface area (Å²) in [6.07, 6.45) is 1.15. The highest BCUT2D eigenvalue weighted by Crippen LogP contribution is 2.29. The molecule has 6 heteroatoms. The van der Waals surface area contributed by atoms with Crippen LogP contribution in [0.4, 0.5) is 5.69 Å². The Bertz CT molecular complexity index is 493. The molecule has 2 rings (SSSR count). The van der Waals surface area contributed by atoms with Crippen molar-refractivity contribution in [1.29, 1.82) is 0 Å². The molecule has 0 atom stereocenters. The first-order valence-electron chi connectivity index (χ1n) is 3.87. The number of nitrogens with one attached hydrogen (secondary N) is 1. The summed E-state index contributed by atoms with van der Waals surface area (Å²) in [5.74, 6) is 0.599. The second kappa shape index (κ2) is 2.98. The van der Waals surface area contributed by atoms with Gasteiger partial charge in [0.05, 0.1) is 12.8 Å². The Balaban J connectivity index is 2.62. The quantitative estimate of drug-likeness (QED) is 0.749. The first kappa shape index (κ1) is 9.01. The first-order valence-corrected chi connectivity index (χ1v) is 5.31. The predicted molar refractivity (Wildman–Crippen MR) is 52.3 cm³/mol. The molecule has 0 unspecified atom stereocenters. The van der Waals surface area contributed by atoms with Gasteiger partial charge in [-0.2, -0.15) is 8.42 Å². The van der Waals surface area contributed by atoms with E-state index < -0.39 is 10.0 Å². The number of fused-ring (bicyclic) bond motifs is 1. The van der Waals surface area contributed by atoms with Crippen molar-refractivity contribution < 1.29 is 13.2 Å². The lowest BCUT2D eigenvalue weighted by Gasteiger charge is -2.12. The van der Waals surface area contributed by atoms with Gasteiger partial charge in [-0.05, 0) is 12.1 Å². The van der Waals surface area contributed by atoms with Gasteiger partial charge < -0.3 is 10.1 Å². The van der Waals surface area contributed by atoms with Crippen molar-refractivity contribution >= 4 is 22.0 Å². The maximum Gasteiger partial charge on any atom is 0.285 e. The van der Waals surface area contributed by atoms with E-state index in [0.717, 1.165) is 6.34 Å². The molecular weight excluding hydrogens is 204 g/mol. The molecule has 0 saturated carbocycles. The number of hydrogen-bond donors (Lipinski definition) is 1. The predicted octanol–water partition coefficient (Wildman–Crippen LogP) is 0.838. The van der Waals surface area contributed by atoms with Crippen molar-refractivity contribution in [2.75, 3.05) is 12.4 Å². The number of hydrogen-bond acceptors (Lipinski definition) is 4. The van der Waals surface area contributed by atoms with E-state index in [1.54, 1.807) is 12.1 Å². The van der Waals surface area contributed by atoms with E-state index in [2.05, 4.69) is 9.71 Å². The summed E-state index contributed by atoms with van der Waals surface area (Å²) in [5, 5.41) is 2.74. The molecule has 1 aromatic carbocycles. The van der Waals surface area contributed by atoms with Crippen LogP contribution in [0.5, 0.6) is 5.75 Å². The van der Waals surface area contributed by atoms with Crippen LogP contribution in [0.1, 0.15) is 0 Å². The molecule has 0 aliphatic carbocycles.